The van der Waals surface area contributed by atoms with Crippen LogP contribution in [0.25, 0.3) is 0 Å². The molecule has 0 aliphatic heterocycles. The third-order valence-corrected chi connectivity index (χ3v) is 1.80. The van der Waals surface area contributed by atoms with Gasteiger partial charge in [-0.1, -0.05) is 19.4 Å². The van der Waals surface area contributed by atoms with E-state index in [4.69, 9.17) is 5.26 Å². The first kappa shape index (κ1) is 9.66. The van der Waals surface area contributed by atoms with Crippen molar-refractivity contribution in [2.45, 2.75) is 19.8 Å². The van der Waals surface area contributed by atoms with Crippen molar-refractivity contribution in [1.29, 1.82) is 5.26 Å². The largest absolute Gasteiger partial charge is 0.205 e. The minimum absolute atomic E-state index is 0.403. The normalized spacial score (nSPS) is 9.69. The van der Waals surface area contributed by atoms with Gasteiger partial charge in [-0.25, -0.2) is 8.78 Å². The molecule has 13 heavy (non-hydrogen) atoms. The van der Waals surface area contributed by atoms with Crippen molar-refractivity contribution < 1.29 is 8.78 Å². The van der Waals surface area contributed by atoms with Crippen LogP contribution in [0.5, 0.6) is 0 Å². The number of nitrogens with zero attached hydrogens (tertiary/aromatic N) is 1. The Morgan fingerprint density at radius 2 is 2.08 bits per heavy atom. The fourth-order valence-corrected chi connectivity index (χ4v) is 1.16. The molecule has 0 amide bonds. The number of halogens is 2. The number of nitriles is 1. The second kappa shape index (κ2) is 3.99. The van der Waals surface area contributed by atoms with Gasteiger partial charge < -0.3 is 0 Å². The van der Waals surface area contributed by atoms with Crippen molar-refractivity contribution in [2.24, 2.45) is 0 Å². The molecule has 0 aliphatic rings. The summed E-state index contributed by atoms with van der Waals surface area (Å²) in [6.45, 7) is 1.90. The molecule has 0 bridgehead atoms. The maximum absolute atomic E-state index is 13.3. The van der Waals surface area contributed by atoms with E-state index in [1.165, 1.54) is 12.1 Å². The molecule has 0 spiro atoms. The summed E-state index contributed by atoms with van der Waals surface area (Å²) in [5.41, 5.74) is -0.0774. The lowest BCUT2D eigenvalue weighted by atomic mass is 10.1. The highest BCUT2D eigenvalue weighted by atomic mass is 19.1. The molecule has 1 nitrogen and oxygen atoms in total. The molecule has 68 valence electrons. The van der Waals surface area contributed by atoms with Gasteiger partial charge in [0.05, 0.1) is 0 Å². The van der Waals surface area contributed by atoms with Gasteiger partial charge >= 0.3 is 0 Å². The second-order valence-corrected chi connectivity index (χ2v) is 2.76. The zero-order valence-electron chi connectivity index (χ0n) is 7.27. The van der Waals surface area contributed by atoms with E-state index in [1.54, 1.807) is 0 Å². The second-order valence-electron chi connectivity index (χ2n) is 2.76. The highest BCUT2D eigenvalue weighted by Gasteiger charge is 2.11. The number of benzene rings is 1. The van der Waals surface area contributed by atoms with Crippen LogP contribution in [0.3, 0.4) is 0 Å². The van der Waals surface area contributed by atoms with E-state index in [2.05, 4.69) is 0 Å². The standard InChI is InChI=1S/C10H9F2N/c1-2-3-7-4-5-9(11)8(6-13)10(7)12/h4-5H,2-3H2,1H3. The minimum Gasteiger partial charge on any atom is -0.205 e. The average molecular weight is 181 g/mol. The van der Waals surface area contributed by atoms with Crippen molar-refractivity contribution in [2.75, 3.05) is 0 Å². The van der Waals surface area contributed by atoms with Crippen molar-refractivity contribution >= 4 is 0 Å². The lowest BCUT2D eigenvalue weighted by Crippen LogP contribution is -1.96. The topological polar surface area (TPSA) is 23.8 Å². The molecule has 0 radical (unpaired) electrons. The van der Waals surface area contributed by atoms with Crippen molar-refractivity contribution in [3.05, 3.63) is 34.9 Å². The van der Waals surface area contributed by atoms with Crippen molar-refractivity contribution in [3.8, 4) is 6.07 Å². The first-order chi connectivity index (χ1) is 6.20. The fourth-order valence-electron chi connectivity index (χ4n) is 1.16. The van der Waals surface area contributed by atoms with E-state index < -0.39 is 17.2 Å². The molecule has 0 fully saturated rings. The summed E-state index contributed by atoms with van der Waals surface area (Å²) in [5.74, 6) is -1.51. The zero-order valence-corrected chi connectivity index (χ0v) is 7.27. The Bertz CT molecular complexity index is 353. The van der Waals surface area contributed by atoms with Crippen LogP contribution in [-0.4, -0.2) is 0 Å². The van der Waals surface area contributed by atoms with Crippen molar-refractivity contribution in [3.63, 3.8) is 0 Å². The Hall–Kier alpha value is -1.43. The third-order valence-electron chi connectivity index (χ3n) is 1.80. The van der Waals surface area contributed by atoms with Crippen LogP contribution in [0, 0.1) is 23.0 Å². The molecule has 0 saturated heterocycles. The molecular weight excluding hydrogens is 172 g/mol. The van der Waals surface area contributed by atoms with Gasteiger partial charge in [0.25, 0.3) is 0 Å². The number of hydrogen-bond acceptors (Lipinski definition) is 1. The van der Waals surface area contributed by atoms with Gasteiger partial charge in [0.1, 0.15) is 23.3 Å². The third kappa shape index (κ3) is 1.83. The number of rotatable bonds is 2. The Balaban J connectivity index is 3.21. The van der Waals surface area contributed by atoms with Gasteiger partial charge in [-0.15, -0.1) is 0 Å². The summed E-state index contributed by atoms with van der Waals surface area (Å²) < 4.78 is 26.1. The molecule has 0 atom stereocenters. The van der Waals surface area contributed by atoms with Crippen LogP contribution in [0.2, 0.25) is 0 Å². The zero-order chi connectivity index (χ0) is 9.84. The maximum Gasteiger partial charge on any atom is 0.147 e. The van der Waals surface area contributed by atoms with Crippen molar-refractivity contribution in [1.82, 2.24) is 0 Å². The van der Waals surface area contributed by atoms with Crippen LogP contribution < -0.4 is 0 Å². The van der Waals surface area contributed by atoms with Gasteiger partial charge in [0.2, 0.25) is 0 Å². The fraction of sp³-hybridized carbons (Fsp3) is 0.300. The first-order valence-corrected chi connectivity index (χ1v) is 4.07. The van der Waals surface area contributed by atoms with Crippen LogP contribution in [0.15, 0.2) is 12.1 Å². The predicted octanol–water partition coefficient (Wildman–Crippen LogP) is 2.79. The highest BCUT2D eigenvalue weighted by molar-refractivity contribution is 5.36. The molecule has 1 aromatic carbocycles. The monoisotopic (exact) mass is 181 g/mol. The summed E-state index contributed by atoms with van der Waals surface area (Å²) in [4.78, 5) is 0. The molecule has 0 saturated carbocycles. The van der Waals surface area contributed by atoms with E-state index in [-0.39, 0.29) is 0 Å². The minimum atomic E-state index is -0.792. The summed E-state index contributed by atoms with van der Waals surface area (Å²) in [6.07, 6.45) is 1.30. The highest BCUT2D eigenvalue weighted by Crippen LogP contribution is 2.17. The molecular formula is C10H9F2N. The molecule has 0 unspecified atom stereocenters. The van der Waals surface area contributed by atoms with Gasteiger partial charge in [-0.2, -0.15) is 5.26 Å². The SMILES string of the molecule is CCCc1ccc(F)c(C#N)c1F. The smallest absolute Gasteiger partial charge is 0.147 e. The summed E-state index contributed by atoms with van der Waals surface area (Å²) in [6, 6.07) is 4.03. The first-order valence-electron chi connectivity index (χ1n) is 4.07. The molecule has 1 rings (SSSR count). The summed E-state index contributed by atoms with van der Waals surface area (Å²) >= 11 is 0. The van der Waals surface area contributed by atoms with E-state index in [1.807, 2.05) is 6.92 Å². The van der Waals surface area contributed by atoms with Crippen LogP contribution in [0.4, 0.5) is 8.78 Å². The average Bonchev–Trinajstić information content (AvgIpc) is 2.11. The van der Waals surface area contributed by atoms with Gasteiger partial charge in [0.15, 0.2) is 0 Å². The molecule has 3 heteroatoms. The van der Waals surface area contributed by atoms with Gasteiger partial charge in [-0.3, -0.25) is 0 Å². The lowest BCUT2D eigenvalue weighted by molar-refractivity contribution is 0.564. The van der Waals surface area contributed by atoms with E-state index in [0.717, 1.165) is 12.5 Å². The van der Waals surface area contributed by atoms with Crippen LogP contribution >= 0.6 is 0 Å². The molecule has 1 aromatic rings. The quantitative estimate of drug-likeness (QED) is 0.688. The Kier molecular flexibility index (Phi) is 2.97. The molecule has 0 N–H and O–H groups in total. The molecule has 0 aliphatic carbocycles. The van der Waals surface area contributed by atoms with Crippen LogP contribution in [0.1, 0.15) is 24.5 Å². The summed E-state index contributed by atoms with van der Waals surface area (Å²) in [7, 11) is 0. The molecule has 0 aromatic heterocycles. The van der Waals surface area contributed by atoms with E-state index in [0.29, 0.717) is 12.0 Å². The van der Waals surface area contributed by atoms with Crippen LogP contribution in [-0.2, 0) is 6.42 Å². The number of aryl methyl sites for hydroxylation is 1. The maximum atomic E-state index is 13.3. The van der Waals surface area contributed by atoms with Gasteiger partial charge in [-0.05, 0) is 18.1 Å². The lowest BCUT2D eigenvalue weighted by Gasteiger charge is -2.02. The van der Waals surface area contributed by atoms with Gasteiger partial charge in [0, 0.05) is 0 Å². The predicted molar refractivity (Wildman–Crippen MR) is 45.1 cm³/mol. The van der Waals surface area contributed by atoms with E-state index in [9.17, 15) is 8.78 Å². The Morgan fingerprint density at radius 3 is 2.62 bits per heavy atom. The van der Waals surface area contributed by atoms with E-state index >= 15 is 0 Å². The Labute approximate surface area is 75.6 Å². The Morgan fingerprint density at radius 1 is 1.38 bits per heavy atom. The number of hydrogen-bond donors (Lipinski definition) is 0. The summed E-state index contributed by atoms with van der Waals surface area (Å²) in [5, 5.41) is 8.46. The molecule has 0 heterocycles.